The van der Waals surface area contributed by atoms with Crippen LogP contribution in [-0.4, -0.2) is 25.2 Å². The molecule has 23 heavy (non-hydrogen) atoms. The number of aryl methyl sites for hydroxylation is 1. The second-order valence-electron chi connectivity index (χ2n) is 5.67. The van der Waals surface area contributed by atoms with E-state index in [-0.39, 0.29) is 12.0 Å². The maximum Gasteiger partial charge on any atom is 0.287 e. The van der Waals surface area contributed by atoms with Crippen molar-refractivity contribution in [3.8, 4) is 5.75 Å². The van der Waals surface area contributed by atoms with Crippen molar-refractivity contribution in [3.05, 3.63) is 53.5 Å². The highest BCUT2D eigenvalue weighted by Crippen LogP contribution is 2.18. The summed E-state index contributed by atoms with van der Waals surface area (Å²) in [5.41, 5.74) is 1.06. The fourth-order valence-corrected chi connectivity index (χ4v) is 2.54. The number of ether oxygens (including phenoxy) is 2. The molecule has 122 valence electrons. The number of para-hydroxylation sites is 1. The molecule has 1 aliphatic rings. The van der Waals surface area contributed by atoms with Crippen molar-refractivity contribution < 1.29 is 18.7 Å². The minimum Gasteiger partial charge on any atom is -0.485 e. The predicted octanol–water partition coefficient (Wildman–Crippen LogP) is 3.08. The number of carbonyl (C=O) groups is 1. The maximum absolute atomic E-state index is 12.0. The lowest BCUT2D eigenvalue weighted by atomic mass is 10.2. The first-order valence-electron chi connectivity index (χ1n) is 7.89. The molecule has 5 heteroatoms. The van der Waals surface area contributed by atoms with Crippen LogP contribution in [0.25, 0.3) is 0 Å². The van der Waals surface area contributed by atoms with E-state index in [2.05, 4.69) is 5.32 Å². The molecule has 0 bridgehead atoms. The van der Waals surface area contributed by atoms with E-state index in [0.29, 0.717) is 24.7 Å². The Hall–Kier alpha value is -2.27. The lowest BCUT2D eigenvalue weighted by molar-refractivity contribution is 0.0832. The Morgan fingerprint density at radius 3 is 2.96 bits per heavy atom. The van der Waals surface area contributed by atoms with Crippen LogP contribution in [0.5, 0.6) is 5.75 Å². The number of hydrogen-bond acceptors (Lipinski definition) is 4. The van der Waals surface area contributed by atoms with Crippen LogP contribution >= 0.6 is 0 Å². The monoisotopic (exact) mass is 315 g/mol. The van der Waals surface area contributed by atoms with Crippen molar-refractivity contribution in [1.82, 2.24) is 5.32 Å². The van der Waals surface area contributed by atoms with Gasteiger partial charge in [0.25, 0.3) is 5.91 Å². The third kappa shape index (κ3) is 4.13. The van der Waals surface area contributed by atoms with Crippen molar-refractivity contribution in [2.75, 3.05) is 13.2 Å². The van der Waals surface area contributed by atoms with Gasteiger partial charge in [0.05, 0.1) is 6.10 Å². The molecule has 0 radical (unpaired) electrons. The zero-order valence-electron chi connectivity index (χ0n) is 13.2. The molecule has 1 aromatic heterocycles. The Morgan fingerprint density at radius 2 is 2.17 bits per heavy atom. The molecule has 1 atom stereocenters. The summed E-state index contributed by atoms with van der Waals surface area (Å²) in [6, 6.07) is 11.2. The first-order chi connectivity index (χ1) is 11.2. The van der Waals surface area contributed by atoms with Crippen LogP contribution in [0.4, 0.5) is 0 Å². The van der Waals surface area contributed by atoms with Crippen molar-refractivity contribution in [2.45, 2.75) is 32.5 Å². The van der Waals surface area contributed by atoms with Gasteiger partial charge in [0.15, 0.2) is 5.76 Å². The largest absolute Gasteiger partial charge is 0.485 e. The maximum atomic E-state index is 12.0. The van der Waals surface area contributed by atoms with E-state index < -0.39 is 0 Å². The lowest BCUT2D eigenvalue weighted by Gasteiger charge is -2.09. The Labute approximate surface area is 135 Å². The number of rotatable bonds is 6. The molecule has 1 unspecified atom stereocenters. The number of carbonyl (C=O) groups excluding carboxylic acids is 1. The lowest BCUT2D eigenvalue weighted by Crippen LogP contribution is -2.31. The van der Waals surface area contributed by atoms with Gasteiger partial charge in [0.2, 0.25) is 0 Å². The summed E-state index contributed by atoms with van der Waals surface area (Å²) >= 11 is 0. The standard InChI is InChI=1S/C18H21NO4/c1-13-5-2-3-7-16(13)22-12-15-8-9-17(23-15)18(20)19-11-14-6-4-10-21-14/h2-3,5,7-9,14H,4,6,10-12H2,1H3,(H,19,20). The second kappa shape index (κ2) is 7.33. The van der Waals surface area contributed by atoms with Crippen LogP contribution in [0.1, 0.15) is 34.7 Å². The molecule has 5 nitrogen and oxygen atoms in total. The van der Waals surface area contributed by atoms with Crippen LogP contribution in [0.2, 0.25) is 0 Å². The van der Waals surface area contributed by atoms with E-state index in [4.69, 9.17) is 13.9 Å². The van der Waals surface area contributed by atoms with E-state index in [1.807, 2.05) is 31.2 Å². The predicted molar refractivity (Wildman–Crippen MR) is 85.5 cm³/mol. The molecule has 3 rings (SSSR count). The van der Waals surface area contributed by atoms with E-state index in [9.17, 15) is 4.79 Å². The van der Waals surface area contributed by atoms with Crippen LogP contribution in [0.3, 0.4) is 0 Å². The number of benzene rings is 1. The third-order valence-corrected chi connectivity index (χ3v) is 3.86. The van der Waals surface area contributed by atoms with Gasteiger partial charge in [-0.25, -0.2) is 0 Å². The van der Waals surface area contributed by atoms with Gasteiger partial charge in [-0.05, 0) is 43.5 Å². The van der Waals surface area contributed by atoms with Gasteiger partial charge in [-0.2, -0.15) is 0 Å². The molecule has 1 fully saturated rings. The number of hydrogen-bond donors (Lipinski definition) is 1. The van der Waals surface area contributed by atoms with Crippen molar-refractivity contribution in [3.63, 3.8) is 0 Å². The smallest absolute Gasteiger partial charge is 0.287 e. The SMILES string of the molecule is Cc1ccccc1OCc1ccc(C(=O)NCC2CCCO2)o1. The van der Waals surface area contributed by atoms with Gasteiger partial charge in [-0.1, -0.05) is 18.2 Å². The fraction of sp³-hybridized carbons (Fsp3) is 0.389. The molecule has 2 aromatic rings. The second-order valence-corrected chi connectivity index (χ2v) is 5.67. The normalized spacial score (nSPS) is 17.2. The van der Waals surface area contributed by atoms with Crippen LogP contribution < -0.4 is 10.1 Å². The molecule has 2 heterocycles. The molecular formula is C18H21NO4. The number of furan rings is 1. The summed E-state index contributed by atoms with van der Waals surface area (Å²) in [6.45, 7) is 3.58. The molecule has 0 saturated carbocycles. The van der Waals surface area contributed by atoms with Gasteiger partial charge in [0, 0.05) is 13.2 Å². The van der Waals surface area contributed by atoms with Gasteiger partial charge in [0.1, 0.15) is 18.1 Å². The number of nitrogens with one attached hydrogen (secondary N) is 1. The van der Waals surface area contributed by atoms with Gasteiger partial charge in [-0.15, -0.1) is 0 Å². The molecule has 1 saturated heterocycles. The summed E-state index contributed by atoms with van der Waals surface area (Å²) < 4.78 is 16.7. The van der Waals surface area contributed by atoms with Gasteiger partial charge in [-0.3, -0.25) is 4.79 Å². The molecule has 1 aromatic carbocycles. The van der Waals surface area contributed by atoms with E-state index in [1.165, 1.54) is 0 Å². The summed E-state index contributed by atoms with van der Waals surface area (Å²) in [5, 5.41) is 2.84. The third-order valence-electron chi connectivity index (χ3n) is 3.86. The Kier molecular flexibility index (Phi) is 4.98. The first-order valence-corrected chi connectivity index (χ1v) is 7.89. The van der Waals surface area contributed by atoms with Crippen LogP contribution in [0.15, 0.2) is 40.8 Å². The summed E-state index contributed by atoms with van der Waals surface area (Å²) in [4.78, 5) is 12.0. The average molecular weight is 315 g/mol. The van der Waals surface area contributed by atoms with Crippen LogP contribution in [0, 0.1) is 6.92 Å². The molecular weight excluding hydrogens is 294 g/mol. The summed E-state index contributed by atoms with van der Waals surface area (Å²) in [5.74, 6) is 1.51. The molecule has 0 aliphatic carbocycles. The van der Waals surface area contributed by atoms with E-state index in [0.717, 1.165) is 30.8 Å². The van der Waals surface area contributed by atoms with Crippen molar-refractivity contribution in [2.24, 2.45) is 0 Å². The topological polar surface area (TPSA) is 60.7 Å². The first kappa shape index (κ1) is 15.6. The van der Waals surface area contributed by atoms with Crippen LogP contribution in [-0.2, 0) is 11.3 Å². The highest BCUT2D eigenvalue weighted by Gasteiger charge is 2.18. The van der Waals surface area contributed by atoms with Gasteiger partial charge >= 0.3 is 0 Å². The summed E-state index contributed by atoms with van der Waals surface area (Å²) in [6.07, 6.45) is 2.17. The Bertz CT molecular complexity index is 659. The van der Waals surface area contributed by atoms with Gasteiger partial charge < -0.3 is 19.2 Å². The van der Waals surface area contributed by atoms with E-state index >= 15 is 0 Å². The average Bonchev–Trinajstić information content (AvgIpc) is 3.23. The molecule has 1 aliphatic heterocycles. The van der Waals surface area contributed by atoms with Crippen molar-refractivity contribution in [1.29, 1.82) is 0 Å². The van der Waals surface area contributed by atoms with E-state index in [1.54, 1.807) is 12.1 Å². The fourth-order valence-electron chi connectivity index (χ4n) is 2.54. The summed E-state index contributed by atoms with van der Waals surface area (Å²) in [7, 11) is 0. The zero-order chi connectivity index (χ0) is 16.1. The molecule has 1 amide bonds. The Morgan fingerprint density at radius 1 is 1.30 bits per heavy atom. The minimum atomic E-state index is -0.220. The highest BCUT2D eigenvalue weighted by atomic mass is 16.5. The molecule has 0 spiro atoms. The zero-order valence-corrected chi connectivity index (χ0v) is 13.2. The Balaban J connectivity index is 1.51. The minimum absolute atomic E-state index is 0.123. The number of amides is 1. The quantitative estimate of drug-likeness (QED) is 0.890. The highest BCUT2D eigenvalue weighted by molar-refractivity contribution is 5.91. The van der Waals surface area contributed by atoms with Crippen molar-refractivity contribution >= 4 is 5.91 Å². The molecule has 1 N–H and O–H groups in total.